The van der Waals surface area contributed by atoms with E-state index in [1.54, 1.807) is 29.2 Å². The number of para-hydroxylation sites is 1. The maximum atomic E-state index is 12.2. The fraction of sp³-hybridized carbons (Fsp3) is 0.400. The normalized spacial score (nSPS) is 20.2. The predicted molar refractivity (Wildman–Crippen MR) is 77.3 cm³/mol. The van der Waals surface area contributed by atoms with Crippen molar-refractivity contribution in [3.05, 3.63) is 30.3 Å². The predicted octanol–water partition coefficient (Wildman–Crippen LogP) is 1.20. The number of piperidine rings is 1. The maximum Gasteiger partial charge on any atom is 0.415 e. The van der Waals surface area contributed by atoms with Crippen molar-refractivity contribution in [2.24, 2.45) is 0 Å². The van der Waals surface area contributed by atoms with Crippen molar-refractivity contribution in [3.8, 4) is 5.75 Å². The van der Waals surface area contributed by atoms with Crippen LogP contribution in [0.1, 0.15) is 12.8 Å². The zero-order valence-electron chi connectivity index (χ0n) is 12.2. The highest BCUT2D eigenvalue weighted by Gasteiger charge is 2.51. The quantitative estimate of drug-likeness (QED) is 0.791. The third-order valence-electron chi connectivity index (χ3n) is 4.19. The lowest BCUT2D eigenvalue weighted by Crippen LogP contribution is -2.56. The zero-order chi connectivity index (χ0) is 15.7. The van der Waals surface area contributed by atoms with Gasteiger partial charge in [-0.2, -0.15) is 0 Å². The van der Waals surface area contributed by atoms with Crippen molar-refractivity contribution in [1.82, 2.24) is 15.1 Å². The number of rotatable bonds is 1. The molecule has 1 aromatic carbocycles. The lowest BCUT2D eigenvalue weighted by atomic mass is 9.88. The molecule has 1 N–H and O–H groups in total. The Morgan fingerprint density at radius 3 is 2.36 bits per heavy atom. The van der Waals surface area contributed by atoms with Gasteiger partial charge in [0.15, 0.2) is 0 Å². The summed E-state index contributed by atoms with van der Waals surface area (Å²) in [5, 5.41) is 2.74. The Morgan fingerprint density at radius 1 is 1.18 bits per heavy atom. The molecule has 0 unspecified atom stereocenters. The second kappa shape index (κ2) is 5.32. The van der Waals surface area contributed by atoms with Gasteiger partial charge in [-0.15, -0.1) is 0 Å². The van der Waals surface area contributed by atoms with E-state index < -0.39 is 11.6 Å². The van der Waals surface area contributed by atoms with E-state index in [0.29, 0.717) is 31.7 Å². The van der Waals surface area contributed by atoms with Crippen molar-refractivity contribution < 1.29 is 19.1 Å². The van der Waals surface area contributed by atoms with Gasteiger partial charge in [0.2, 0.25) is 0 Å². The number of hydrogen-bond acceptors (Lipinski definition) is 4. The first-order valence-corrected chi connectivity index (χ1v) is 7.14. The molecule has 116 valence electrons. The number of nitrogens with one attached hydrogen (secondary N) is 1. The topological polar surface area (TPSA) is 79.0 Å². The van der Waals surface area contributed by atoms with Crippen LogP contribution in [0.4, 0.5) is 9.59 Å². The first-order valence-electron chi connectivity index (χ1n) is 7.14. The zero-order valence-corrected chi connectivity index (χ0v) is 12.2. The molecule has 2 fully saturated rings. The van der Waals surface area contributed by atoms with Gasteiger partial charge in [0, 0.05) is 20.1 Å². The molecule has 7 nitrogen and oxygen atoms in total. The number of carbonyl (C=O) groups is 3. The number of hydrogen-bond donors (Lipinski definition) is 1. The van der Waals surface area contributed by atoms with Crippen molar-refractivity contribution in [3.63, 3.8) is 0 Å². The Hall–Kier alpha value is -2.57. The molecular weight excluding hydrogens is 286 g/mol. The molecule has 1 spiro atoms. The van der Waals surface area contributed by atoms with E-state index in [1.807, 2.05) is 6.07 Å². The number of ether oxygens (including phenoxy) is 1. The van der Waals surface area contributed by atoms with Crippen LogP contribution >= 0.6 is 0 Å². The monoisotopic (exact) mass is 303 g/mol. The van der Waals surface area contributed by atoms with Gasteiger partial charge in [0.1, 0.15) is 11.3 Å². The molecule has 0 radical (unpaired) electrons. The number of carbonyl (C=O) groups excluding carboxylic acids is 3. The first kappa shape index (κ1) is 14.4. The number of urea groups is 1. The molecule has 0 atom stereocenters. The molecule has 0 bridgehead atoms. The molecule has 7 heteroatoms. The van der Waals surface area contributed by atoms with Crippen LogP contribution in [0.5, 0.6) is 5.75 Å². The fourth-order valence-corrected chi connectivity index (χ4v) is 2.82. The number of benzene rings is 1. The smallest absolute Gasteiger partial charge is 0.410 e. The van der Waals surface area contributed by atoms with Gasteiger partial charge in [-0.25, -0.2) is 9.59 Å². The largest absolute Gasteiger partial charge is 0.415 e. The van der Waals surface area contributed by atoms with Crippen LogP contribution in [0.3, 0.4) is 0 Å². The molecule has 0 aliphatic carbocycles. The highest BCUT2D eigenvalue weighted by Crippen LogP contribution is 2.29. The van der Waals surface area contributed by atoms with E-state index >= 15 is 0 Å². The van der Waals surface area contributed by atoms with E-state index in [1.165, 1.54) is 7.05 Å². The molecule has 3 rings (SSSR count). The SMILES string of the molecule is CN1C(=O)NC2(CCN(C(=O)Oc3ccccc3)CC2)C1=O. The average molecular weight is 303 g/mol. The van der Waals surface area contributed by atoms with Gasteiger partial charge in [-0.3, -0.25) is 9.69 Å². The van der Waals surface area contributed by atoms with E-state index in [-0.39, 0.29) is 11.9 Å². The van der Waals surface area contributed by atoms with Gasteiger partial charge >= 0.3 is 12.1 Å². The summed E-state index contributed by atoms with van der Waals surface area (Å²) in [5.74, 6) is 0.256. The summed E-state index contributed by atoms with van der Waals surface area (Å²) in [6.45, 7) is 0.733. The Labute approximate surface area is 127 Å². The van der Waals surface area contributed by atoms with Crippen LogP contribution in [-0.2, 0) is 4.79 Å². The van der Waals surface area contributed by atoms with E-state index in [9.17, 15) is 14.4 Å². The van der Waals surface area contributed by atoms with Gasteiger partial charge in [0.05, 0.1) is 0 Å². The van der Waals surface area contributed by atoms with Gasteiger partial charge in [-0.1, -0.05) is 18.2 Å². The van der Waals surface area contributed by atoms with Crippen LogP contribution in [0.25, 0.3) is 0 Å². The summed E-state index contributed by atoms with van der Waals surface area (Å²) in [6.07, 6.45) is 0.351. The summed E-state index contributed by atoms with van der Waals surface area (Å²) in [4.78, 5) is 38.5. The van der Waals surface area contributed by atoms with Crippen LogP contribution in [0.2, 0.25) is 0 Å². The third-order valence-corrected chi connectivity index (χ3v) is 4.19. The third kappa shape index (κ3) is 2.38. The summed E-state index contributed by atoms with van der Waals surface area (Å²) in [5.41, 5.74) is -0.866. The number of nitrogens with zero attached hydrogens (tertiary/aromatic N) is 2. The molecule has 2 aliphatic rings. The standard InChI is InChI=1S/C15H17N3O4/c1-17-12(19)15(16-13(17)20)7-9-18(10-8-15)14(21)22-11-5-3-2-4-6-11/h2-6H,7-10H2,1H3,(H,16,20). The van der Waals surface area contributed by atoms with E-state index in [4.69, 9.17) is 4.74 Å². The van der Waals surface area contributed by atoms with E-state index in [2.05, 4.69) is 5.32 Å². The minimum absolute atomic E-state index is 0.228. The minimum Gasteiger partial charge on any atom is -0.410 e. The molecular formula is C15H17N3O4. The van der Waals surface area contributed by atoms with Gasteiger partial charge in [0.25, 0.3) is 5.91 Å². The summed E-state index contributed by atoms with van der Waals surface area (Å²) in [6, 6.07) is 8.45. The lowest BCUT2D eigenvalue weighted by Gasteiger charge is -2.36. The second-order valence-corrected chi connectivity index (χ2v) is 5.54. The van der Waals surface area contributed by atoms with Crippen LogP contribution in [-0.4, -0.2) is 53.5 Å². The average Bonchev–Trinajstić information content (AvgIpc) is 2.73. The number of amides is 4. The minimum atomic E-state index is -0.866. The Morgan fingerprint density at radius 2 is 1.82 bits per heavy atom. The van der Waals surface area contributed by atoms with Crippen molar-refractivity contribution in [1.29, 1.82) is 0 Å². The molecule has 2 saturated heterocycles. The van der Waals surface area contributed by atoms with E-state index in [0.717, 1.165) is 4.90 Å². The van der Waals surface area contributed by atoms with Gasteiger partial charge in [-0.05, 0) is 25.0 Å². The highest BCUT2D eigenvalue weighted by atomic mass is 16.6. The van der Waals surface area contributed by atoms with Crippen LogP contribution < -0.4 is 10.1 Å². The summed E-state index contributed by atoms with van der Waals surface area (Å²) >= 11 is 0. The molecule has 1 aromatic rings. The lowest BCUT2D eigenvalue weighted by molar-refractivity contribution is -0.131. The van der Waals surface area contributed by atoms with Gasteiger partial charge < -0.3 is 15.0 Å². The fourth-order valence-electron chi connectivity index (χ4n) is 2.82. The molecule has 2 aliphatic heterocycles. The van der Waals surface area contributed by atoms with Crippen LogP contribution in [0.15, 0.2) is 30.3 Å². The first-order chi connectivity index (χ1) is 10.5. The molecule has 22 heavy (non-hydrogen) atoms. The second-order valence-electron chi connectivity index (χ2n) is 5.54. The van der Waals surface area contributed by atoms with Crippen LogP contribution in [0, 0.1) is 0 Å². The van der Waals surface area contributed by atoms with Crippen molar-refractivity contribution >= 4 is 18.0 Å². The number of imide groups is 1. The Kier molecular flexibility index (Phi) is 3.48. The maximum absolute atomic E-state index is 12.2. The molecule has 0 aromatic heterocycles. The molecule has 0 saturated carbocycles. The molecule has 2 heterocycles. The summed E-state index contributed by atoms with van der Waals surface area (Å²) in [7, 11) is 1.46. The summed E-state index contributed by atoms with van der Waals surface area (Å²) < 4.78 is 5.28. The number of likely N-dealkylation sites (tertiary alicyclic amines) is 1. The molecule has 4 amide bonds. The Balaban J connectivity index is 1.61. The van der Waals surface area contributed by atoms with Crippen molar-refractivity contribution in [2.75, 3.05) is 20.1 Å². The highest BCUT2D eigenvalue weighted by molar-refractivity contribution is 6.06. The Bertz CT molecular complexity index is 608. The van der Waals surface area contributed by atoms with Crippen molar-refractivity contribution in [2.45, 2.75) is 18.4 Å². The number of likely N-dealkylation sites (N-methyl/N-ethyl adjacent to an activating group) is 1.